The molecule has 6 heteroatoms. The first-order chi connectivity index (χ1) is 4.59. The van der Waals surface area contributed by atoms with Gasteiger partial charge in [-0.2, -0.15) is 0 Å². The van der Waals surface area contributed by atoms with Crippen LogP contribution in [0.5, 0.6) is 0 Å². The summed E-state index contributed by atoms with van der Waals surface area (Å²) in [6.45, 7) is 1.89. The standard InChI is InChI=1S/C4H8Cl2O2S2/c1-2-3-4(9(5)7)10(6)8/h4H,2-3H2,1H3. The Balaban J connectivity index is 3.98. The van der Waals surface area contributed by atoms with Crippen molar-refractivity contribution >= 4 is 41.4 Å². The molecule has 10 heavy (non-hydrogen) atoms. The Hall–Kier alpha value is 0.880. The minimum atomic E-state index is -1.59. The lowest BCUT2D eigenvalue weighted by Crippen LogP contribution is -2.13. The van der Waals surface area contributed by atoms with Gasteiger partial charge in [0.05, 0.1) is 0 Å². The maximum atomic E-state index is 10.6. The Kier molecular flexibility index (Phi) is 6.01. The summed E-state index contributed by atoms with van der Waals surface area (Å²) in [5.74, 6) is 0. The van der Waals surface area contributed by atoms with Crippen LogP contribution in [0.15, 0.2) is 0 Å². The first-order valence-corrected chi connectivity index (χ1v) is 6.81. The lowest BCUT2D eigenvalue weighted by atomic mass is 10.4. The van der Waals surface area contributed by atoms with Crippen molar-refractivity contribution in [1.29, 1.82) is 0 Å². The highest BCUT2D eigenvalue weighted by Crippen LogP contribution is 2.15. The smallest absolute Gasteiger partial charge is 0.140 e. The third-order valence-corrected chi connectivity index (χ3v) is 5.21. The molecule has 2 nitrogen and oxygen atoms in total. The van der Waals surface area contributed by atoms with E-state index in [1.54, 1.807) is 0 Å². The number of hydrogen-bond donors (Lipinski definition) is 0. The van der Waals surface area contributed by atoms with E-state index in [1.807, 2.05) is 6.92 Å². The fourth-order valence-corrected chi connectivity index (χ4v) is 3.86. The SMILES string of the molecule is CCCC(S(=O)Cl)S(=O)Cl. The summed E-state index contributed by atoms with van der Waals surface area (Å²) < 4.78 is 20.6. The van der Waals surface area contributed by atoms with Crippen LogP contribution in [0.4, 0.5) is 0 Å². The van der Waals surface area contributed by atoms with E-state index in [0.717, 1.165) is 6.42 Å². The van der Waals surface area contributed by atoms with Crippen molar-refractivity contribution in [3.05, 3.63) is 0 Å². The monoisotopic (exact) mass is 222 g/mol. The van der Waals surface area contributed by atoms with Crippen molar-refractivity contribution in [3.63, 3.8) is 0 Å². The number of hydrogen-bond acceptors (Lipinski definition) is 2. The van der Waals surface area contributed by atoms with Crippen LogP contribution in [0.2, 0.25) is 0 Å². The highest BCUT2D eigenvalue weighted by atomic mass is 35.7. The second kappa shape index (κ2) is 5.52. The highest BCUT2D eigenvalue weighted by Gasteiger charge is 2.19. The zero-order valence-corrected chi connectivity index (χ0v) is 8.53. The van der Waals surface area contributed by atoms with Crippen molar-refractivity contribution in [2.45, 2.75) is 24.3 Å². The van der Waals surface area contributed by atoms with Crippen LogP contribution in [0.25, 0.3) is 0 Å². The van der Waals surface area contributed by atoms with E-state index >= 15 is 0 Å². The van der Waals surface area contributed by atoms with E-state index in [2.05, 4.69) is 0 Å². The van der Waals surface area contributed by atoms with Gasteiger partial charge in [-0.15, -0.1) is 0 Å². The summed E-state index contributed by atoms with van der Waals surface area (Å²) in [6.07, 6.45) is 1.31. The lowest BCUT2D eigenvalue weighted by molar-refractivity contribution is 0.672. The van der Waals surface area contributed by atoms with Crippen molar-refractivity contribution < 1.29 is 8.42 Å². The van der Waals surface area contributed by atoms with E-state index in [9.17, 15) is 8.42 Å². The summed E-state index contributed by atoms with van der Waals surface area (Å²) in [4.78, 5) is 0. The van der Waals surface area contributed by atoms with Gasteiger partial charge in [0.2, 0.25) is 0 Å². The van der Waals surface area contributed by atoms with Crippen LogP contribution in [0.3, 0.4) is 0 Å². The van der Waals surface area contributed by atoms with Crippen molar-refractivity contribution in [1.82, 2.24) is 0 Å². The normalized spacial score (nSPS) is 19.9. The molecule has 0 aromatic rings. The fraction of sp³-hybridized carbons (Fsp3) is 1.00. The Morgan fingerprint density at radius 3 is 1.80 bits per heavy atom. The van der Waals surface area contributed by atoms with Crippen LogP contribution in [0, 0.1) is 0 Å². The predicted molar refractivity (Wildman–Crippen MR) is 46.7 cm³/mol. The van der Waals surface area contributed by atoms with Gasteiger partial charge in [-0.05, 0) is 27.8 Å². The molecule has 0 aliphatic rings. The molecular formula is C4H8Cl2O2S2. The van der Waals surface area contributed by atoms with E-state index in [0.29, 0.717) is 6.42 Å². The van der Waals surface area contributed by atoms with Gasteiger partial charge in [0.1, 0.15) is 24.6 Å². The molecule has 0 amide bonds. The zero-order valence-electron chi connectivity index (χ0n) is 5.38. The number of halogens is 2. The zero-order chi connectivity index (χ0) is 8.15. The average Bonchev–Trinajstić information content (AvgIpc) is 1.81. The minimum absolute atomic E-state index is 0.534. The van der Waals surface area contributed by atoms with Crippen LogP contribution < -0.4 is 0 Å². The Bertz CT molecular complexity index is 136. The summed E-state index contributed by atoms with van der Waals surface area (Å²) in [7, 11) is 7.24. The second-order valence-corrected chi connectivity index (χ2v) is 5.97. The van der Waals surface area contributed by atoms with Gasteiger partial charge in [0.15, 0.2) is 0 Å². The summed E-state index contributed by atoms with van der Waals surface area (Å²) in [6, 6.07) is 0. The van der Waals surface area contributed by atoms with Crippen molar-refractivity contribution in [2.24, 2.45) is 0 Å². The molecule has 62 valence electrons. The molecule has 0 aliphatic heterocycles. The quantitative estimate of drug-likeness (QED) is 0.682. The average molecular weight is 223 g/mol. The Labute approximate surface area is 74.2 Å². The maximum absolute atomic E-state index is 10.6. The van der Waals surface area contributed by atoms with Gasteiger partial charge in [-0.25, -0.2) is 8.42 Å². The van der Waals surface area contributed by atoms with E-state index < -0.39 is 24.6 Å². The fourth-order valence-electron chi connectivity index (χ4n) is 0.480. The predicted octanol–water partition coefficient (Wildman–Crippen LogP) is 1.92. The molecular weight excluding hydrogens is 215 g/mol. The first-order valence-electron chi connectivity index (χ1n) is 2.73. The molecule has 0 fully saturated rings. The summed E-state index contributed by atoms with van der Waals surface area (Å²) >= 11 is 0. The van der Waals surface area contributed by atoms with E-state index in [-0.39, 0.29) is 0 Å². The molecule has 0 radical (unpaired) electrons. The minimum Gasteiger partial charge on any atom is -0.241 e. The van der Waals surface area contributed by atoms with E-state index in [1.165, 1.54) is 0 Å². The van der Waals surface area contributed by atoms with Gasteiger partial charge in [-0.3, -0.25) is 0 Å². The largest absolute Gasteiger partial charge is 0.241 e. The third kappa shape index (κ3) is 3.91. The Morgan fingerprint density at radius 1 is 1.30 bits per heavy atom. The second-order valence-electron chi connectivity index (χ2n) is 1.71. The van der Waals surface area contributed by atoms with Crippen molar-refractivity contribution in [3.8, 4) is 0 Å². The Morgan fingerprint density at radius 2 is 1.70 bits per heavy atom. The van der Waals surface area contributed by atoms with Crippen LogP contribution in [0.1, 0.15) is 19.8 Å². The van der Waals surface area contributed by atoms with Crippen LogP contribution in [-0.2, 0) is 20.0 Å². The molecule has 0 bridgehead atoms. The first kappa shape index (κ1) is 10.9. The number of rotatable bonds is 4. The summed E-state index contributed by atoms with van der Waals surface area (Å²) in [5, 5.41) is 0. The molecule has 0 rings (SSSR count). The molecule has 0 aromatic carbocycles. The molecule has 0 N–H and O–H groups in total. The molecule has 0 saturated heterocycles. The molecule has 2 unspecified atom stereocenters. The molecule has 0 heterocycles. The topological polar surface area (TPSA) is 34.1 Å². The van der Waals surface area contributed by atoms with Crippen LogP contribution >= 0.6 is 21.4 Å². The van der Waals surface area contributed by atoms with E-state index in [4.69, 9.17) is 21.4 Å². The summed E-state index contributed by atoms with van der Waals surface area (Å²) in [5.41, 5.74) is 0. The lowest BCUT2D eigenvalue weighted by Gasteiger charge is -2.04. The molecule has 0 spiro atoms. The van der Waals surface area contributed by atoms with Gasteiger partial charge in [0.25, 0.3) is 0 Å². The molecule has 0 saturated carbocycles. The third-order valence-electron chi connectivity index (χ3n) is 0.938. The molecule has 0 aromatic heterocycles. The maximum Gasteiger partial charge on any atom is 0.140 e. The molecule has 0 aliphatic carbocycles. The van der Waals surface area contributed by atoms with Gasteiger partial charge in [0, 0.05) is 0 Å². The van der Waals surface area contributed by atoms with Gasteiger partial charge in [-0.1, -0.05) is 13.3 Å². The van der Waals surface area contributed by atoms with Crippen LogP contribution in [-0.4, -0.2) is 13.0 Å². The highest BCUT2D eigenvalue weighted by molar-refractivity contribution is 8.23. The molecule has 2 atom stereocenters. The van der Waals surface area contributed by atoms with Gasteiger partial charge >= 0.3 is 0 Å². The van der Waals surface area contributed by atoms with Crippen molar-refractivity contribution in [2.75, 3.05) is 0 Å². The van der Waals surface area contributed by atoms with Gasteiger partial charge < -0.3 is 0 Å².